The minimum atomic E-state index is -0.129. The summed E-state index contributed by atoms with van der Waals surface area (Å²) in [5.41, 5.74) is 1.29. The minimum absolute atomic E-state index is 0.00288. The predicted octanol–water partition coefficient (Wildman–Crippen LogP) is 2.25. The number of hydrogen-bond acceptors (Lipinski definition) is 3. The Labute approximate surface area is 132 Å². The second-order valence-electron chi connectivity index (χ2n) is 5.55. The number of nitrogens with one attached hydrogen (secondary N) is 2. The summed E-state index contributed by atoms with van der Waals surface area (Å²) in [5.74, 6) is -0.0240. The smallest absolute Gasteiger partial charge is 0.253 e. The van der Waals surface area contributed by atoms with Crippen molar-refractivity contribution in [1.82, 2.24) is 10.2 Å². The van der Waals surface area contributed by atoms with Gasteiger partial charge in [-0.2, -0.15) is 0 Å². The van der Waals surface area contributed by atoms with Crippen LogP contribution in [-0.2, 0) is 4.79 Å². The van der Waals surface area contributed by atoms with E-state index in [-0.39, 0.29) is 17.9 Å². The summed E-state index contributed by atoms with van der Waals surface area (Å²) >= 11 is 0. The van der Waals surface area contributed by atoms with Crippen molar-refractivity contribution >= 4 is 17.5 Å². The average Bonchev–Trinajstić information content (AvgIpc) is 2.57. The van der Waals surface area contributed by atoms with Crippen LogP contribution in [0.5, 0.6) is 0 Å². The lowest BCUT2D eigenvalue weighted by molar-refractivity contribution is -0.118. The largest absolute Gasteiger partial charge is 0.339 e. The van der Waals surface area contributed by atoms with Crippen LogP contribution >= 0.6 is 0 Å². The van der Waals surface area contributed by atoms with E-state index in [1.165, 1.54) is 0 Å². The number of piperidine rings is 1. The highest BCUT2D eigenvalue weighted by molar-refractivity contribution is 5.98. The molecule has 1 heterocycles. The van der Waals surface area contributed by atoms with Crippen molar-refractivity contribution in [3.05, 3.63) is 29.8 Å². The Morgan fingerprint density at radius 1 is 1.27 bits per heavy atom. The summed E-state index contributed by atoms with van der Waals surface area (Å²) in [6.07, 6.45) is 3.06. The Kier molecular flexibility index (Phi) is 5.95. The number of carbonyl (C=O) groups excluding carboxylic acids is 2. The maximum atomic E-state index is 12.3. The fraction of sp³-hybridized carbons (Fsp3) is 0.529. The highest BCUT2D eigenvalue weighted by atomic mass is 16.2. The van der Waals surface area contributed by atoms with E-state index in [4.69, 9.17) is 0 Å². The molecule has 0 aromatic heterocycles. The van der Waals surface area contributed by atoms with Crippen LogP contribution in [0.3, 0.4) is 0 Å². The molecule has 1 aliphatic heterocycles. The first-order valence-corrected chi connectivity index (χ1v) is 8.09. The van der Waals surface area contributed by atoms with Gasteiger partial charge in [0.25, 0.3) is 5.91 Å². The quantitative estimate of drug-likeness (QED) is 0.877. The standard InChI is InChI=1S/C17H25N3O2/c1-3-20(4-2)17(22)13-8-7-9-14(12-13)19-16(21)15-10-5-6-11-18-15/h7-9,12,15,18H,3-6,10-11H2,1-2H3,(H,19,21)/t15-/m0/s1. The lowest BCUT2D eigenvalue weighted by atomic mass is 10.0. The van der Waals surface area contributed by atoms with E-state index in [0.717, 1.165) is 25.8 Å². The average molecular weight is 303 g/mol. The number of anilines is 1. The second kappa shape index (κ2) is 7.94. The van der Waals surface area contributed by atoms with Gasteiger partial charge in [0.15, 0.2) is 0 Å². The zero-order chi connectivity index (χ0) is 15.9. The van der Waals surface area contributed by atoms with Gasteiger partial charge in [-0.1, -0.05) is 12.5 Å². The van der Waals surface area contributed by atoms with E-state index in [0.29, 0.717) is 24.3 Å². The van der Waals surface area contributed by atoms with Crippen LogP contribution in [0, 0.1) is 0 Å². The lowest BCUT2D eigenvalue weighted by Crippen LogP contribution is -2.43. The summed E-state index contributed by atoms with van der Waals surface area (Å²) in [6.45, 7) is 6.16. The van der Waals surface area contributed by atoms with Crippen molar-refractivity contribution in [1.29, 1.82) is 0 Å². The van der Waals surface area contributed by atoms with E-state index < -0.39 is 0 Å². The van der Waals surface area contributed by atoms with Crippen LogP contribution < -0.4 is 10.6 Å². The van der Waals surface area contributed by atoms with Crippen molar-refractivity contribution in [3.8, 4) is 0 Å². The molecule has 0 unspecified atom stereocenters. The molecular formula is C17H25N3O2. The van der Waals surface area contributed by atoms with E-state index in [1.807, 2.05) is 19.9 Å². The molecule has 0 aliphatic carbocycles. The highest BCUT2D eigenvalue weighted by Gasteiger charge is 2.21. The molecule has 5 heteroatoms. The molecule has 22 heavy (non-hydrogen) atoms. The molecular weight excluding hydrogens is 278 g/mol. The Morgan fingerprint density at radius 3 is 2.68 bits per heavy atom. The third-order valence-corrected chi connectivity index (χ3v) is 4.05. The van der Waals surface area contributed by atoms with Crippen LogP contribution in [0.4, 0.5) is 5.69 Å². The summed E-state index contributed by atoms with van der Waals surface area (Å²) in [7, 11) is 0. The summed E-state index contributed by atoms with van der Waals surface area (Å²) in [5, 5.41) is 6.14. The van der Waals surface area contributed by atoms with Gasteiger partial charge in [-0.15, -0.1) is 0 Å². The van der Waals surface area contributed by atoms with Crippen molar-refractivity contribution < 1.29 is 9.59 Å². The van der Waals surface area contributed by atoms with Gasteiger partial charge in [0.2, 0.25) is 5.91 Å². The topological polar surface area (TPSA) is 61.4 Å². The molecule has 1 atom stereocenters. The number of carbonyl (C=O) groups is 2. The number of rotatable bonds is 5. The van der Waals surface area contributed by atoms with Gasteiger partial charge in [0, 0.05) is 24.3 Å². The summed E-state index contributed by atoms with van der Waals surface area (Å²) < 4.78 is 0. The Balaban J connectivity index is 2.04. The SMILES string of the molecule is CCN(CC)C(=O)c1cccc(NC(=O)[C@@H]2CCCCN2)c1. The zero-order valence-electron chi connectivity index (χ0n) is 13.4. The molecule has 2 amide bonds. The normalized spacial score (nSPS) is 17.8. The number of benzene rings is 1. The molecule has 0 radical (unpaired) electrons. The van der Waals surface area contributed by atoms with Crippen molar-refractivity contribution in [2.45, 2.75) is 39.2 Å². The fourth-order valence-corrected chi connectivity index (χ4v) is 2.73. The lowest BCUT2D eigenvalue weighted by Gasteiger charge is -2.23. The van der Waals surface area contributed by atoms with Crippen LogP contribution in [0.2, 0.25) is 0 Å². The van der Waals surface area contributed by atoms with E-state index in [2.05, 4.69) is 10.6 Å². The maximum Gasteiger partial charge on any atom is 0.253 e. The first kappa shape index (κ1) is 16.5. The first-order valence-electron chi connectivity index (χ1n) is 8.09. The fourth-order valence-electron chi connectivity index (χ4n) is 2.73. The third kappa shape index (κ3) is 4.07. The highest BCUT2D eigenvalue weighted by Crippen LogP contribution is 2.15. The molecule has 120 valence electrons. The molecule has 5 nitrogen and oxygen atoms in total. The van der Waals surface area contributed by atoms with Crippen LogP contribution in [0.15, 0.2) is 24.3 Å². The van der Waals surface area contributed by atoms with E-state index in [1.54, 1.807) is 23.1 Å². The van der Waals surface area contributed by atoms with Gasteiger partial charge >= 0.3 is 0 Å². The van der Waals surface area contributed by atoms with Gasteiger partial charge in [-0.05, 0) is 51.4 Å². The molecule has 1 fully saturated rings. The Hall–Kier alpha value is -1.88. The van der Waals surface area contributed by atoms with Crippen molar-refractivity contribution in [3.63, 3.8) is 0 Å². The maximum absolute atomic E-state index is 12.3. The van der Waals surface area contributed by atoms with Gasteiger partial charge in [0.05, 0.1) is 6.04 Å². The third-order valence-electron chi connectivity index (χ3n) is 4.05. The predicted molar refractivity (Wildman–Crippen MR) is 88.0 cm³/mol. The first-order chi connectivity index (χ1) is 10.7. The van der Waals surface area contributed by atoms with E-state index in [9.17, 15) is 9.59 Å². The zero-order valence-corrected chi connectivity index (χ0v) is 13.4. The van der Waals surface area contributed by atoms with Gasteiger partial charge in [0.1, 0.15) is 0 Å². The van der Waals surface area contributed by atoms with Gasteiger partial charge in [-0.25, -0.2) is 0 Å². The van der Waals surface area contributed by atoms with Gasteiger partial charge in [-0.3, -0.25) is 9.59 Å². The molecule has 2 N–H and O–H groups in total. The van der Waals surface area contributed by atoms with Crippen LogP contribution in [0.1, 0.15) is 43.5 Å². The molecule has 1 aliphatic rings. The van der Waals surface area contributed by atoms with Crippen LogP contribution in [0.25, 0.3) is 0 Å². The Morgan fingerprint density at radius 2 is 2.05 bits per heavy atom. The minimum Gasteiger partial charge on any atom is -0.339 e. The number of nitrogens with zero attached hydrogens (tertiary/aromatic N) is 1. The van der Waals surface area contributed by atoms with Crippen molar-refractivity contribution in [2.75, 3.05) is 25.0 Å². The molecule has 1 aromatic rings. The molecule has 0 saturated carbocycles. The van der Waals surface area contributed by atoms with E-state index >= 15 is 0 Å². The summed E-state index contributed by atoms with van der Waals surface area (Å²) in [4.78, 5) is 26.3. The molecule has 1 saturated heterocycles. The monoisotopic (exact) mass is 303 g/mol. The summed E-state index contributed by atoms with van der Waals surface area (Å²) in [6, 6.07) is 7.03. The molecule has 0 spiro atoms. The van der Waals surface area contributed by atoms with Gasteiger partial charge < -0.3 is 15.5 Å². The molecule has 1 aromatic carbocycles. The molecule has 0 bridgehead atoms. The van der Waals surface area contributed by atoms with Crippen molar-refractivity contribution in [2.24, 2.45) is 0 Å². The Bertz CT molecular complexity index is 520. The number of hydrogen-bond donors (Lipinski definition) is 2. The number of amides is 2. The van der Waals surface area contributed by atoms with Crippen LogP contribution in [-0.4, -0.2) is 42.4 Å². The second-order valence-corrected chi connectivity index (χ2v) is 5.55. The molecule has 2 rings (SSSR count).